The number of morpholine rings is 1. The van der Waals surface area contributed by atoms with Crippen molar-refractivity contribution in [1.82, 2.24) is 19.5 Å². The standard InChI is InChI=1S/C19H19BrN4O3S2/c20-17-7-2-1-6-16(17)18-21-19(23-22-18)28-13-14-4-3-5-15(12-14)29(25,26)24-8-10-27-11-9-24/h1-7,12H,8-11,13H2,(H,21,22,23). The summed E-state index contributed by atoms with van der Waals surface area (Å²) >= 11 is 4.97. The SMILES string of the molecule is O=S(=O)(c1cccc(CSc2n[nH]c(-c3ccccc3Br)n2)c1)N1CCOCC1. The fourth-order valence-electron chi connectivity index (χ4n) is 2.96. The first-order chi connectivity index (χ1) is 14.0. The lowest BCUT2D eigenvalue weighted by Gasteiger charge is -2.26. The predicted molar refractivity (Wildman–Crippen MR) is 115 cm³/mol. The molecular formula is C19H19BrN4O3S2. The van der Waals surface area contributed by atoms with E-state index in [0.717, 1.165) is 15.6 Å². The van der Waals surface area contributed by atoms with Gasteiger partial charge in [-0.3, -0.25) is 5.10 Å². The lowest BCUT2D eigenvalue weighted by atomic mass is 10.2. The number of rotatable bonds is 6. The highest BCUT2D eigenvalue weighted by Gasteiger charge is 2.26. The number of thioether (sulfide) groups is 1. The number of aromatic amines is 1. The lowest BCUT2D eigenvalue weighted by molar-refractivity contribution is 0.0730. The number of nitrogens with zero attached hydrogens (tertiary/aromatic N) is 3. The maximum Gasteiger partial charge on any atom is 0.243 e. The monoisotopic (exact) mass is 494 g/mol. The Morgan fingerprint density at radius 3 is 2.72 bits per heavy atom. The Kier molecular flexibility index (Phi) is 6.35. The van der Waals surface area contributed by atoms with E-state index in [1.165, 1.54) is 16.1 Å². The molecule has 1 N–H and O–H groups in total. The summed E-state index contributed by atoms with van der Waals surface area (Å²) < 4.78 is 33.3. The average molecular weight is 495 g/mol. The summed E-state index contributed by atoms with van der Waals surface area (Å²) in [6, 6.07) is 14.8. The highest BCUT2D eigenvalue weighted by Crippen LogP contribution is 2.28. The van der Waals surface area contributed by atoms with Crippen LogP contribution >= 0.6 is 27.7 Å². The van der Waals surface area contributed by atoms with E-state index in [2.05, 4.69) is 31.1 Å². The van der Waals surface area contributed by atoms with Gasteiger partial charge in [0.2, 0.25) is 15.2 Å². The molecule has 1 aliphatic rings. The van der Waals surface area contributed by atoms with Crippen molar-refractivity contribution in [2.75, 3.05) is 26.3 Å². The van der Waals surface area contributed by atoms with Gasteiger partial charge in [-0.2, -0.15) is 4.31 Å². The van der Waals surface area contributed by atoms with Crippen LogP contribution in [-0.2, 0) is 20.5 Å². The molecule has 0 radical (unpaired) electrons. The molecule has 0 saturated carbocycles. The zero-order chi connectivity index (χ0) is 20.3. The van der Waals surface area contributed by atoms with Crippen LogP contribution in [-0.4, -0.2) is 54.2 Å². The number of halogens is 1. The maximum atomic E-state index is 12.8. The molecule has 152 valence electrons. The van der Waals surface area contributed by atoms with Gasteiger partial charge in [0, 0.05) is 28.9 Å². The number of ether oxygens (including phenoxy) is 1. The van der Waals surface area contributed by atoms with Crippen LogP contribution in [0.2, 0.25) is 0 Å². The van der Waals surface area contributed by atoms with Crippen LogP contribution < -0.4 is 0 Å². The third-order valence-corrected chi connectivity index (χ3v) is 7.97. The zero-order valence-electron chi connectivity index (χ0n) is 15.4. The van der Waals surface area contributed by atoms with E-state index in [0.29, 0.717) is 47.9 Å². The van der Waals surface area contributed by atoms with E-state index < -0.39 is 10.0 Å². The molecule has 1 aromatic heterocycles. The highest BCUT2D eigenvalue weighted by molar-refractivity contribution is 9.10. The van der Waals surface area contributed by atoms with Crippen LogP contribution in [0.4, 0.5) is 0 Å². The Balaban J connectivity index is 1.46. The topological polar surface area (TPSA) is 88.2 Å². The largest absolute Gasteiger partial charge is 0.379 e. The second-order valence-electron chi connectivity index (χ2n) is 6.40. The molecule has 0 unspecified atom stereocenters. The molecule has 10 heteroatoms. The second kappa shape index (κ2) is 8.97. The number of H-pyrrole nitrogens is 1. The fraction of sp³-hybridized carbons (Fsp3) is 0.263. The van der Waals surface area contributed by atoms with Crippen molar-refractivity contribution >= 4 is 37.7 Å². The maximum absolute atomic E-state index is 12.8. The number of hydrogen-bond donors (Lipinski definition) is 1. The van der Waals surface area contributed by atoms with Crippen molar-refractivity contribution in [2.45, 2.75) is 15.8 Å². The Morgan fingerprint density at radius 1 is 1.14 bits per heavy atom. The van der Waals surface area contributed by atoms with Crippen LogP contribution in [0.3, 0.4) is 0 Å². The lowest BCUT2D eigenvalue weighted by Crippen LogP contribution is -2.40. The van der Waals surface area contributed by atoms with Crippen LogP contribution in [0.5, 0.6) is 0 Å². The summed E-state index contributed by atoms with van der Waals surface area (Å²) in [5.41, 5.74) is 1.84. The number of hydrogen-bond acceptors (Lipinski definition) is 6. The summed E-state index contributed by atoms with van der Waals surface area (Å²) in [4.78, 5) is 4.83. The molecule has 1 fully saturated rings. The van der Waals surface area contributed by atoms with Crippen LogP contribution in [0.1, 0.15) is 5.56 Å². The van der Waals surface area contributed by atoms with Crippen molar-refractivity contribution in [3.05, 3.63) is 58.6 Å². The molecule has 2 aromatic carbocycles. The first-order valence-electron chi connectivity index (χ1n) is 9.01. The smallest absolute Gasteiger partial charge is 0.243 e. The number of benzene rings is 2. The van der Waals surface area contributed by atoms with Gasteiger partial charge >= 0.3 is 0 Å². The Bertz CT molecular complexity index is 1100. The van der Waals surface area contributed by atoms with Crippen molar-refractivity contribution in [2.24, 2.45) is 0 Å². The highest BCUT2D eigenvalue weighted by atomic mass is 79.9. The van der Waals surface area contributed by atoms with Gasteiger partial charge in [-0.15, -0.1) is 5.10 Å². The third kappa shape index (κ3) is 4.72. The molecule has 0 amide bonds. The molecule has 3 aromatic rings. The van der Waals surface area contributed by atoms with Gasteiger partial charge in [0.05, 0.1) is 18.1 Å². The molecule has 0 aliphatic carbocycles. The predicted octanol–water partition coefficient (Wildman–Crippen LogP) is 3.55. The minimum atomic E-state index is -3.50. The van der Waals surface area contributed by atoms with E-state index in [9.17, 15) is 8.42 Å². The molecule has 1 aliphatic heterocycles. The summed E-state index contributed by atoms with van der Waals surface area (Å²) in [6.07, 6.45) is 0. The molecule has 0 spiro atoms. The fourth-order valence-corrected chi connectivity index (χ4v) is 5.66. The van der Waals surface area contributed by atoms with E-state index in [1.54, 1.807) is 18.2 Å². The zero-order valence-corrected chi connectivity index (χ0v) is 18.6. The Labute approximate surface area is 182 Å². The van der Waals surface area contributed by atoms with Crippen molar-refractivity contribution in [3.63, 3.8) is 0 Å². The molecule has 2 heterocycles. The molecule has 29 heavy (non-hydrogen) atoms. The summed E-state index contributed by atoms with van der Waals surface area (Å²) in [7, 11) is -3.50. The summed E-state index contributed by atoms with van der Waals surface area (Å²) in [5, 5.41) is 7.82. The van der Waals surface area contributed by atoms with E-state index in [4.69, 9.17) is 4.74 Å². The van der Waals surface area contributed by atoms with Gasteiger partial charge in [-0.1, -0.05) is 58.0 Å². The summed E-state index contributed by atoms with van der Waals surface area (Å²) in [5.74, 6) is 1.25. The first-order valence-corrected chi connectivity index (χ1v) is 12.2. The number of sulfonamides is 1. The Hall–Kier alpha value is -1.72. The Morgan fingerprint density at radius 2 is 1.93 bits per heavy atom. The molecule has 7 nitrogen and oxygen atoms in total. The molecule has 4 rings (SSSR count). The van der Waals surface area contributed by atoms with Crippen LogP contribution in [0.25, 0.3) is 11.4 Å². The van der Waals surface area contributed by atoms with Crippen LogP contribution in [0, 0.1) is 0 Å². The van der Waals surface area contributed by atoms with Crippen molar-refractivity contribution < 1.29 is 13.2 Å². The van der Waals surface area contributed by atoms with Crippen molar-refractivity contribution in [3.8, 4) is 11.4 Å². The van der Waals surface area contributed by atoms with Gasteiger partial charge in [-0.25, -0.2) is 13.4 Å². The normalized spacial score (nSPS) is 15.5. The second-order valence-corrected chi connectivity index (χ2v) is 10.1. The van der Waals surface area contributed by atoms with Gasteiger partial charge in [0.25, 0.3) is 0 Å². The van der Waals surface area contributed by atoms with Crippen molar-refractivity contribution in [1.29, 1.82) is 0 Å². The van der Waals surface area contributed by atoms with E-state index >= 15 is 0 Å². The quantitative estimate of drug-likeness (QED) is 0.527. The minimum Gasteiger partial charge on any atom is -0.379 e. The number of nitrogens with one attached hydrogen (secondary N) is 1. The minimum absolute atomic E-state index is 0.307. The van der Waals surface area contributed by atoms with E-state index in [-0.39, 0.29) is 0 Å². The average Bonchev–Trinajstić information content (AvgIpc) is 3.22. The molecule has 0 bridgehead atoms. The molecule has 0 atom stereocenters. The summed E-state index contributed by atoms with van der Waals surface area (Å²) in [6.45, 7) is 1.63. The third-order valence-electron chi connectivity index (χ3n) is 4.47. The number of aromatic nitrogens is 3. The van der Waals surface area contributed by atoms with E-state index in [1.807, 2.05) is 30.3 Å². The van der Waals surface area contributed by atoms with Gasteiger partial charge in [0.15, 0.2) is 5.82 Å². The van der Waals surface area contributed by atoms with Gasteiger partial charge in [-0.05, 0) is 23.8 Å². The van der Waals surface area contributed by atoms with Crippen LogP contribution in [0.15, 0.2) is 63.1 Å². The van der Waals surface area contributed by atoms with Gasteiger partial charge in [0.1, 0.15) is 0 Å². The first kappa shape index (κ1) is 20.5. The molecule has 1 saturated heterocycles. The van der Waals surface area contributed by atoms with Gasteiger partial charge < -0.3 is 4.74 Å². The molecular weight excluding hydrogens is 476 g/mol.